The van der Waals surface area contributed by atoms with Gasteiger partial charge in [-0.25, -0.2) is 0 Å². The van der Waals surface area contributed by atoms with Gasteiger partial charge in [-0.3, -0.25) is 0 Å². The van der Waals surface area contributed by atoms with E-state index in [2.05, 4.69) is 5.32 Å². The van der Waals surface area contributed by atoms with Crippen molar-refractivity contribution in [3.63, 3.8) is 0 Å². The number of nitrogens with one attached hydrogen (secondary N) is 1. The zero-order valence-corrected chi connectivity index (χ0v) is 8.09. The first-order valence-electron chi connectivity index (χ1n) is 3.82. The van der Waals surface area contributed by atoms with E-state index in [0.717, 1.165) is 18.4 Å². The predicted octanol–water partition coefficient (Wildman–Crippen LogP) is 0.787. The van der Waals surface area contributed by atoms with Crippen LogP contribution in [0.25, 0.3) is 0 Å². The molecule has 2 nitrogen and oxygen atoms in total. The molecule has 1 aliphatic carbocycles. The molecule has 0 aromatic rings. The number of halogens is 2. The summed E-state index contributed by atoms with van der Waals surface area (Å²) in [4.78, 5) is 0. The summed E-state index contributed by atoms with van der Waals surface area (Å²) in [5.41, 5.74) is 5.88. The molecule has 0 radical (unpaired) electrons. The Morgan fingerprint density at radius 2 is 1.82 bits per heavy atom. The number of hydrogen-bond acceptors (Lipinski definition) is 2. The van der Waals surface area contributed by atoms with E-state index in [1.807, 2.05) is 0 Å². The highest BCUT2D eigenvalue weighted by atomic mass is 35.5. The number of fused-ring (bicyclic) bond motifs is 2. The fraction of sp³-hybridized carbons (Fsp3) is 1.00. The van der Waals surface area contributed by atoms with Gasteiger partial charge in [0.1, 0.15) is 0 Å². The van der Waals surface area contributed by atoms with Gasteiger partial charge in [0.05, 0.1) is 0 Å². The van der Waals surface area contributed by atoms with E-state index >= 15 is 0 Å². The van der Waals surface area contributed by atoms with Crippen LogP contribution in [-0.4, -0.2) is 19.1 Å². The van der Waals surface area contributed by atoms with Crippen molar-refractivity contribution in [1.82, 2.24) is 5.32 Å². The zero-order valence-electron chi connectivity index (χ0n) is 6.45. The van der Waals surface area contributed by atoms with Gasteiger partial charge in [-0.05, 0) is 37.8 Å². The van der Waals surface area contributed by atoms with E-state index in [1.54, 1.807) is 0 Å². The first-order chi connectivity index (χ1) is 4.36. The van der Waals surface area contributed by atoms with E-state index in [1.165, 1.54) is 19.4 Å². The van der Waals surface area contributed by atoms with Crippen LogP contribution >= 0.6 is 24.8 Å². The standard InChI is InChI=1S/C7H14N2.2ClH/c8-7-2-5-1-6(7)4-9-3-5;;/h5-7,9H,1-4,8H2;2*1H. The maximum Gasteiger partial charge on any atom is 0.00825 e. The van der Waals surface area contributed by atoms with Gasteiger partial charge in [-0.15, -0.1) is 24.8 Å². The molecule has 0 aromatic heterocycles. The lowest BCUT2D eigenvalue weighted by molar-refractivity contribution is 0.370. The Labute approximate surface area is 80.1 Å². The minimum Gasteiger partial charge on any atom is -0.327 e. The molecule has 1 saturated carbocycles. The van der Waals surface area contributed by atoms with Crippen molar-refractivity contribution in [2.45, 2.75) is 18.9 Å². The van der Waals surface area contributed by atoms with Gasteiger partial charge < -0.3 is 11.1 Å². The average Bonchev–Trinajstić information content (AvgIpc) is 2.09. The molecular formula is C7H16Cl2N2. The second-order valence-corrected chi connectivity index (χ2v) is 3.42. The van der Waals surface area contributed by atoms with Gasteiger partial charge in [0, 0.05) is 6.04 Å². The summed E-state index contributed by atoms with van der Waals surface area (Å²) in [7, 11) is 0. The average molecular weight is 199 g/mol. The lowest BCUT2D eigenvalue weighted by Gasteiger charge is -2.20. The smallest absolute Gasteiger partial charge is 0.00825 e. The van der Waals surface area contributed by atoms with Gasteiger partial charge in [0.2, 0.25) is 0 Å². The summed E-state index contributed by atoms with van der Waals surface area (Å²) >= 11 is 0. The molecule has 1 heterocycles. The number of nitrogens with two attached hydrogens (primary N) is 1. The third-order valence-corrected chi connectivity index (χ3v) is 2.69. The largest absolute Gasteiger partial charge is 0.327 e. The summed E-state index contributed by atoms with van der Waals surface area (Å²) in [6.07, 6.45) is 2.64. The third kappa shape index (κ3) is 2.22. The van der Waals surface area contributed by atoms with Gasteiger partial charge in [0.25, 0.3) is 0 Å². The van der Waals surface area contributed by atoms with E-state index in [-0.39, 0.29) is 24.8 Å². The molecule has 3 atom stereocenters. The van der Waals surface area contributed by atoms with Crippen molar-refractivity contribution in [3.8, 4) is 0 Å². The molecule has 2 bridgehead atoms. The van der Waals surface area contributed by atoms with E-state index in [0.29, 0.717) is 6.04 Å². The lowest BCUT2D eigenvalue weighted by atomic mass is 10.0. The van der Waals surface area contributed by atoms with Crippen LogP contribution < -0.4 is 11.1 Å². The molecule has 2 aliphatic rings. The Balaban J connectivity index is 0.000000500. The van der Waals surface area contributed by atoms with Crippen molar-refractivity contribution < 1.29 is 0 Å². The number of rotatable bonds is 0. The summed E-state index contributed by atoms with van der Waals surface area (Å²) in [6, 6.07) is 0.505. The van der Waals surface area contributed by atoms with Gasteiger partial charge in [-0.2, -0.15) is 0 Å². The highest BCUT2D eigenvalue weighted by molar-refractivity contribution is 5.85. The first-order valence-corrected chi connectivity index (χ1v) is 3.82. The fourth-order valence-electron chi connectivity index (χ4n) is 2.15. The first kappa shape index (κ1) is 11.5. The van der Waals surface area contributed by atoms with Crippen molar-refractivity contribution in [2.75, 3.05) is 13.1 Å². The van der Waals surface area contributed by atoms with Crippen molar-refractivity contribution in [2.24, 2.45) is 17.6 Å². The summed E-state index contributed by atoms with van der Waals surface area (Å²) < 4.78 is 0. The van der Waals surface area contributed by atoms with Crippen LogP contribution in [0.4, 0.5) is 0 Å². The minimum absolute atomic E-state index is 0. The predicted molar refractivity (Wildman–Crippen MR) is 51.6 cm³/mol. The third-order valence-electron chi connectivity index (χ3n) is 2.69. The topological polar surface area (TPSA) is 38.0 Å². The van der Waals surface area contributed by atoms with E-state index < -0.39 is 0 Å². The normalized spacial score (nSPS) is 40.6. The molecule has 0 aromatic carbocycles. The highest BCUT2D eigenvalue weighted by Crippen LogP contribution is 2.31. The van der Waals surface area contributed by atoms with Gasteiger partial charge >= 0.3 is 0 Å². The maximum atomic E-state index is 5.88. The molecule has 2 fully saturated rings. The molecule has 11 heavy (non-hydrogen) atoms. The maximum absolute atomic E-state index is 5.88. The van der Waals surface area contributed by atoms with Crippen LogP contribution in [0.15, 0.2) is 0 Å². The SMILES string of the molecule is Cl.Cl.NC1CC2CNCC1C2. The molecule has 0 amide bonds. The summed E-state index contributed by atoms with van der Waals surface area (Å²) in [5, 5.41) is 3.40. The van der Waals surface area contributed by atoms with Crippen LogP contribution in [0.2, 0.25) is 0 Å². The summed E-state index contributed by atoms with van der Waals surface area (Å²) in [5.74, 6) is 1.70. The lowest BCUT2D eigenvalue weighted by Crippen LogP contribution is -2.34. The van der Waals surface area contributed by atoms with Crippen LogP contribution in [0.3, 0.4) is 0 Å². The van der Waals surface area contributed by atoms with Crippen LogP contribution in [0.1, 0.15) is 12.8 Å². The Hall–Kier alpha value is 0.500. The van der Waals surface area contributed by atoms with Crippen LogP contribution in [0, 0.1) is 11.8 Å². The summed E-state index contributed by atoms with van der Waals surface area (Å²) in [6.45, 7) is 2.38. The Morgan fingerprint density at radius 1 is 1.09 bits per heavy atom. The highest BCUT2D eigenvalue weighted by Gasteiger charge is 2.34. The Bertz CT molecular complexity index is 119. The monoisotopic (exact) mass is 198 g/mol. The van der Waals surface area contributed by atoms with E-state index in [9.17, 15) is 0 Å². The molecule has 1 aliphatic heterocycles. The molecule has 0 spiro atoms. The number of piperidine rings is 1. The van der Waals surface area contributed by atoms with Crippen molar-refractivity contribution >= 4 is 24.8 Å². The van der Waals surface area contributed by atoms with Crippen molar-refractivity contribution in [3.05, 3.63) is 0 Å². The van der Waals surface area contributed by atoms with Crippen LogP contribution in [0.5, 0.6) is 0 Å². The van der Waals surface area contributed by atoms with Crippen molar-refractivity contribution in [1.29, 1.82) is 0 Å². The second-order valence-electron chi connectivity index (χ2n) is 3.42. The molecule has 4 heteroatoms. The molecule has 3 N–H and O–H groups in total. The second kappa shape index (κ2) is 4.51. The molecular weight excluding hydrogens is 183 g/mol. The molecule has 2 rings (SSSR count). The quantitative estimate of drug-likeness (QED) is 0.605. The minimum atomic E-state index is 0. The zero-order chi connectivity index (χ0) is 6.27. The van der Waals surface area contributed by atoms with E-state index in [4.69, 9.17) is 5.73 Å². The molecule has 68 valence electrons. The fourth-order valence-corrected chi connectivity index (χ4v) is 2.15. The molecule has 3 unspecified atom stereocenters. The van der Waals surface area contributed by atoms with Gasteiger partial charge in [0.15, 0.2) is 0 Å². The Kier molecular flexibility index (Phi) is 4.71. The van der Waals surface area contributed by atoms with Crippen LogP contribution in [-0.2, 0) is 0 Å². The Morgan fingerprint density at radius 3 is 2.36 bits per heavy atom. The number of hydrogen-bond donors (Lipinski definition) is 2. The van der Waals surface area contributed by atoms with Gasteiger partial charge in [-0.1, -0.05) is 0 Å². The molecule has 1 saturated heterocycles.